The molecule has 1 saturated heterocycles. The number of hydrogen-bond acceptors (Lipinski definition) is 3. The van der Waals surface area contributed by atoms with Gasteiger partial charge in [0.15, 0.2) is 0 Å². The fourth-order valence-electron chi connectivity index (χ4n) is 3.52. The first-order valence-corrected chi connectivity index (χ1v) is 8.45. The van der Waals surface area contributed by atoms with Crippen molar-refractivity contribution in [3.8, 4) is 0 Å². The van der Waals surface area contributed by atoms with Crippen molar-refractivity contribution in [2.24, 2.45) is 5.92 Å². The fourth-order valence-corrected chi connectivity index (χ4v) is 3.52. The average molecular weight is 315 g/mol. The van der Waals surface area contributed by atoms with E-state index >= 15 is 0 Å². The van der Waals surface area contributed by atoms with Crippen LogP contribution in [0.2, 0.25) is 0 Å². The third kappa shape index (κ3) is 3.39. The molecule has 23 heavy (non-hydrogen) atoms. The molecule has 2 amide bonds. The van der Waals surface area contributed by atoms with E-state index in [-0.39, 0.29) is 23.8 Å². The first-order chi connectivity index (χ1) is 11.1. The molecule has 124 valence electrons. The Labute approximate surface area is 137 Å². The molecule has 2 N–H and O–H groups in total. The summed E-state index contributed by atoms with van der Waals surface area (Å²) < 4.78 is 0. The highest BCUT2D eigenvalue weighted by Gasteiger charge is 2.34. The second kappa shape index (κ2) is 6.71. The number of likely N-dealkylation sites (tertiary alicyclic amines) is 1. The van der Waals surface area contributed by atoms with Crippen LogP contribution in [0.5, 0.6) is 0 Å². The number of rotatable bonds is 5. The minimum atomic E-state index is -0.360. The minimum Gasteiger partial charge on any atom is -0.350 e. The third-order valence-electron chi connectivity index (χ3n) is 4.71. The number of benzene rings is 1. The van der Waals surface area contributed by atoms with Crippen molar-refractivity contribution in [2.75, 3.05) is 6.54 Å². The summed E-state index contributed by atoms with van der Waals surface area (Å²) in [5.41, 5.74) is 3.76. The molecule has 0 radical (unpaired) electrons. The zero-order valence-electron chi connectivity index (χ0n) is 13.9. The minimum absolute atomic E-state index is 0.0473. The first kappa shape index (κ1) is 16.0. The summed E-state index contributed by atoms with van der Waals surface area (Å²) >= 11 is 0. The van der Waals surface area contributed by atoms with Crippen LogP contribution in [-0.4, -0.2) is 29.3 Å². The molecule has 0 aromatic heterocycles. The third-order valence-corrected chi connectivity index (χ3v) is 4.71. The average Bonchev–Trinajstić information content (AvgIpc) is 3.14. The van der Waals surface area contributed by atoms with Crippen molar-refractivity contribution >= 4 is 11.8 Å². The molecule has 0 bridgehead atoms. The van der Waals surface area contributed by atoms with E-state index in [4.69, 9.17) is 0 Å². The molecule has 0 saturated carbocycles. The molecule has 1 unspecified atom stereocenters. The summed E-state index contributed by atoms with van der Waals surface area (Å²) in [4.78, 5) is 26.3. The summed E-state index contributed by atoms with van der Waals surface area (Å²) in [6, 6.07) is 5.99. The number of carbonyl (C=O) groups is 2. The molecular weight excluding hydrogens is 290 g/mol. The van der Waals surface area contributed by atoms with Crippen LogP contribution in [0.3, 0.4) is 0 Å². The zero-order chi connectivity index (χ0) is 16.4. The largest absolute Gasteiger partial charge is 0.350 e. The van der Waals surface area contributed by atoms with Crippen molar-refractivity contribution in [3.63, 3.8) is 0 Å². The highest BCUT2D eigenvalue weighted by Crippen LogP contribution is 2.20. The SMILES string of the molecule is CC(C)C(C(=O)NCc1ccc2c(c1)CNC2)N1CCCC1=O. The van der Waals surface area contributed by atoms with Gasteiger partial charge in [-0.3, -0.25) is 9.59 Å². The van der Waals surface area contributed by atoms with E-state index in [1.165, 1.54) is 11.1 Å². The molecule has 1 aromatic rings. The molecule has 0 aliphatic carbocycles. The van der Waals surface area contributed by atoms with Gasteiger partial charge in [0.2, 0.25) is 11.8 Å². The molecular formula is C18H25N3O2. The van der Waals surface area contributed by atoms with E-state index < -0.39 is 0 Å². The summed E-state index contributed by atoms with van der Waals surface area (Å²) in [6.45, 7) is 7.02. The second-order valence-corrected chi connectivity index (χ2v) is 6.80. The van der Waals surface area contributed by atoms with E-state index in [0.29, 0.717) is 19.5 Å². The number of nitrogens with zero attached hydrogens (tertiary/aromatic N) is 1. The topological polar surface area (TPSA) is 61.4 Å². The lowest BCUT2D eigenvalue weighted by Crippen LogP contribution is -2.50. The highest BCUT2D eigenvalue weighted by molar-refractivity contribution is 5.88. The number of fused-ring (bicyclic) bond motifs is 1. The lowest BCUT2D eigenvalue weighted by Gasteiger charge is -2.29. The van der Waals surface area contributed by atoms with Crippen LogP contribution in [0.1, 0.15) is 43.4 Å². The molecule has 5 heteroatoms. The number of amides is 2. The Morgan fingerprint density at radius 3 is 2.78 bits per heavy atom. The van der Waals surface area contributed by atoms with Gasteiger partial charge in [-0.1, -0.05) is 32.0 Å². The van der Waals surface area contributed by atoms with Crippen molar-refractivity contribution < 1.29 is 9.59 Å². The van der Waals surface area contributed by atoms with Gasteiger partial charge in [-0.2, -0.15) is 0 Å². The lowest BCUT2D eigenvalue weighted by atomic mass is 10.0. The number of hydrogen-bond donors (Lipinski definition) is 2. The van der Waals surface area contributed by atoms with Crippen LogP contribution >= 0.6 is 0 Å². The lowest BCUT2D eigenvalue weighted by molar-refractivity contribution is -0.139. The van der Waals surface area contributed by atoms with Gasteiger partial charge in [-0.15, -0.1) is 0 Å². The maximum Gasteiger partial charge on any atom is 0.243 e. The van der Waals surface area contributed by atoms with E-state index in [2.05, 4.69) is 28.8 Å². The summed E-state index contributed by atoms with van der Waals surface area (Å²) in [7, 11) is 0. The van der Waals surface area contributed by atoms with Crippen LogP contribution in [0.25, 0.3) is 0 Å². The van der Waals surface area contributed by atoms with E-state index in [0.717, 1.165) is 25.1 Å². The Kier molecular flexibility index (Phi) is 4.66. The molecule has 2 aliphatic rings. The molecule has 0 spiro atoms. The van der Waals surface area contributed by atoms with Gasteiger partial charge in [-0.25, -0.2) is 0 Å². The Hall–Kier alpha value is -1.88. The molecule has 1 aromatic carbocycles. The van der Waals surface area contributed by atoms with Crippen LogP contribution in [-0.2, 0) is 29.2 Å². The van der Waals surface area contributed by atoms with Crippen LogP contribution in [0.4, 0.5) is 0 Å². The summed E-state index contributed by atoms with van der Waals surface area (Å²) in [5.74, 6) is 0.164. The van der Waals surface area contributed by atoms with Gasteiger partial charge in [0, 0.05) is 32.6 Å². The smallest absolute Gasteiger partial charge is 0.243 e. The zero-order valence-corrected chi connectivity index (χ0v) is 13.9. The normalized spacial score (nSPS) is 18.4. The van der Waals surface area contributed by atoms with Gasteiger partial charge in [-0.05, 0) is 29.0 Å². The molecule has 1 fully saturated rings. The summed E-state index contributed by atoms with van der Waals surface area (Å²) in [6.07, 6.45) is 1.42. The molecule has 2 aliphatic heterocycles. The fraction of sp³-hybridized carbons (Fsp3) is 0.556. The standard InChI is InChI=1S/C18H25N3O2/c1-12(2)17(21-7-3-4-16(21)22)18(23)20-9-13-5-6-14-10-19-11-15(14)8-13/h5-6,8,12,17,19H,3-4,7,9-11H2,1-2H3,(H,20,23). The molecule has 5 nitrogen and oxygen atoms in total. The van der Waals surface area contributed by atoms with E-state index in [1.54, 1.807) is 4.90 Å². The quantitative estimate of drug-likeness (QED) is 0.867. The Balaban J connectivity index is 1.64. The Morgan fingerprint density at radius 2 is 2.09 bits per heavy atom. The molecule has 2 heterocycles. The van der Waals surface area contributed by atoms with Gasteiger partial charge in [0.1, 0.15) is 6.04 Å². The highest BCUT2D eigenvalue weighted by atomic mass is 16.2. The number of carbonyl (C=O) groups excluding carboxylic acids is 2. The van der Waals surface area contributed by atoms with Gasteiger partial charge >= 0.3 is 0 Å². The predicted molar refractivity (Wildman–Crippen MR) is 88.4 cm³/mol. The Bertz CT molecular complexity index is 612. The van der Waals surface area contributed by atoms with Crippen LogP contribution < -0.4 is 10.6 Å². The van der Waals surface area contributed by atoms with Crippen molar-refractivity contribution in [3.05, 3.63) is 34.9 Å². The monoisotopic (exact) mass is 315 g/mol. The van der Waals surface area contributed by atoms with Crippen LogP contribution in [0, 0.1) is 5.92 Å². The maximum absolute atomic E-state index is 12.6. The van der Waals surface area contributed by atoms with Crippen molar-refractivity contribution in [2.45, 2.75) is 52.4 Å². The molecule has 1 atom stereocenters. The van der Waals surface area contributed by atoms with Gasteiger partial charge in [0.05, 0.1) is 0 Å². The van der Waals surface area contributed by atoms with Gasteiger partial charge in [0.25, 0.3) is 0 Å². The summed E-state index contributed by atoms with van der Waals surface area (Å²) in [5, 5.41) is 6.34. The van der Waals surface area contributed by atoms with E-state index in [1.807, 2.05) is 13.8 Å². The van der Waals surface area contributed by atoms with Crippen molar-refractivity contribution in [1.29, 1.82) is 0 Å². The van der Waals surface area contributed by atoms with Crippen molar-refractivity contribution in [1.82, 2.24) is 15.5 Å². The predicted octanol–water partition coefficient (Wildman–Crippen LogP) is 1.55. The number of nitrogens with one attached hydrogen (secondary N) is 2. The van der Waals surface area contributed by atoms with E-state index in [9.17, 15) is 9.59 Å². The maximum atomic E-state index is 12.6. The van der Waals surface area contributed by atoms with Gasteiger partial charge < -0.3 is 15.5 Å². The second-order valence-electron chi connectivity index (χ2n) is 6.80. The first-order valence-electron chi connectivity index (χ1n) is 8.45. The molecule has 3 rings (SSSR count). The Morgan fingerprint density at radius 1 is 1.30 bits per heavy atom. The van der Waals surface area contributed by atoms with Crippen LogP contribution in [0.15, 0.2) is 18.2 Å².